The van der Waals surface area contributed by atoms with E-state index in [-0.39, 0.29) is 5.91 Å². The van der Waals surface area contributed by atoms with Crippen LogP contribution < -0.4 is 10.6 Å². The third-order valence-corrected chi connectivity index (χ3v) is 4.71. The van der Waals surface area contributed by atoms with Gasteiger partial charge in [-0.3, -0.25) is 4.79 Å². The molecule has 0 saturated carbocycles. The number of carbonyl (C=O) groups is 1. The Morgan fingerprint density at radius 1 is 1.23 bits per heavy atom. The zero-order valence-corrected chi connectivity index (χ0v) is 16.0. The lowest BCUT2D eigenvalue weighted by Gasteiger charge is -2.19. The summed E-state index contributed by atoms with van der Waals surface area (Å²) in [5, 5.41) is 7.24. The Balaban J connectivity index is 1.80. The highest BCUT2D eigenvalue weighted by Gasteiger charge is 2.20. The Kier molecular flexibility index (Phi) is 5.78. The third kappa shape index (κ3) is 4.35. The van der Waals surface area contributed by atoms with Crippen LogP contribution in [0.25, 0.3) is 10.9 Å². The second kappa shape index (κ2) is 8.23. The van der Waals surface area contributed by atoms with E-state index in [4.69, 9.17) is 0 Å². The van der Waals surface area contributed by atoms with Crippen LogP contribution in [0, 0.1) is 13.8 Å². The SMILES string of the molecule is CSCC[C@H](Nc1nc(C)cc(C)n1)C(=O)Nc1cccc2[nH]ccc12. The van der Waals surface area contributed by atoms with E-state index in [2.05, 4.69) is 25.6 Å². The van der Waals surface area contributed by atoms with E-state index < -0.39 is 6.04 Å². The minimum Gasteiger partial charge on any atom is -0.361 e. The maximum absolute atomic E-state index is 12.9. The molecule has 0 bridgehead atoms. The van der Waals surface area contributed by atoms with E-state index in [1.54, 1.807) is 11.8 Å². The van der Waals surface area contributed by atoms with Crippen LogP contribution in [0.2, 0.25) is 0 Å². The summed E-state index contributed by atoms with van der Waals surface area (Å²) in [4.78, 5) is 24.9. The molecule has 6 nitrogen and oxygen atoms in total. The Bertz CT molecular complexity index is 888. The van der Waals surface area contributed by atoms with Gasteiger partial charge in [-0.25, -0.2) is 9.97 Å². The molecule has 0 saturated heterocycles. The molecule has 1 amide bonds. The number of benzene rings is 1. The van der Waals surface area contributed by atoms with Crippen molar-refractivity contribution < 1.29 is 4.79 Å². The summed E-state index contributed by atoms with van der Waals surface area (Å²) >= 11 is 1.71. The van der Waals surface area contributed by atoms with Gasteiger partial charge in [-0.1, -0.05) is 6.07 Å². The zero-order chi connectivity index (χ0) is 18.5. The van der Waals surface area contributed by atoms with Crippen LogP contribution in [0.5, 0.6) is 0 Å². The summed E-state index contributed by atoms with van der Waals surface area (Å²) in [5.41, 5.74) is 3.54. The van der Waals surface area contributed by atoms with Gasteiger partial charge < -0.3 is 15.6 Å². The monoisotopic (exact) mass is 369 g/mol. The summed E-state index contributed by atoms with van der Waals surface area (Å²) in [7, 11) is 0. The van der Waals surface area contributed by atoms with Crippen LogP contribution in [0.3, 0.4) is 0 Å². The van der Waals surface area contributed by atoms with Gasteiger partial charge in [-0.15, -0.1) is 0 Å². The number of rotatable bonds is 7. The van der Waals surface area contributed by atoms with Gasteiger partial charge in [0.05, 0.1) is 5.69 Å². The van der Waals surface area contributed by atoms with E-state index in [9.17, 15) is 4.79 Å². The van der Waals surface area contributed by atoms with E-state index in [0.717, 1.165) is 33.7 Å². The second-order valence-corrected chi connectivity index (χ2v) is 7.17. The third-order valence-electron chi connectivity index (χ3n) is 4.07. The lowest BCUT2D eigenvalue weighted by molar-refractivity contribution is -0.116. The highest BCUT2D eigenvalue weighted by molar-refractivity contribution is 7.98. The smallest absolute Gasteiger partial charge is 0.247 e. The van der Waals surface area contributed by atoms with Crippen molar-refractivity contribution in [3.05, 3.63) is 47.9 Å². The quantitative estimate of drug-likeness (QED) is 0.591. The van der Waals surface area contributed by atoms with Gasteiger partial charge in [0.15, 0.2) is 0 Å². The topological polar surface area (TPSA) is 82.7 Å². The molecule has 0 spiro atoms. The number of anilines is 2. The van der Waals surface area contributed by atoms with Crippen LogP contribution in [0.15, 0.2) is 36.5 Å². The lowest BCUT2D eigenvalue weighted by Crippen LogP contribution is -2.36. The van der Waals surface area contributed by atoms with Gasteiger partial charge in [0.1, 0.15) is 6.04 Å². The number of aromatic amines is 1. The predicted octanol–water partition coefficient (Wildman–Crippen LogP) is 3.75. The number of nitrogens with zero attached hydrogens (tertiary/aromatic N) is 2. The summed E-state index contributed by atoms with van der Waals surface area (Å²) in [6.45, 7) is 3.84. The largest absolute Gasteiger partial charge is 0.361 e. The van der Waals surface area contributed by atoms with Crippen LogP contribution in [0.4, 0.5) is 11.6 Å². The highest BCUT2D eigenvalue weighted by atomic mass is 32.2. The first-order valence-electron chi connectivity index (χ1n) is 8.51. The van der Waals surface area contributed by atoms with Gasteiger partial charge in [0.2, 0.25) is 11.9 Å². The summed E-state index contributed by atoms with van der Waals surface area (Å²) in [6.07, 6.45) is 4.59. The van der Waals surface area contributed by atoms with E-state index in [1.807, 2.05) is 56.6 Å². The summed E-state index contributed by atoms with van der Waals surface area (Å²) < 4.78 is 0. The van der Waals surface area contributed by atoms with E-state index in [1.165, 1.54) is 0 Å². The molecule has 3 N–H and O–H groups in total. The molecule has 1 atom stereocenters. The molecule has 0 aliphatic carbocycles. The number of aryl methyl sites for hydroxylation is 2. The first-order valence-corrected chi connectivity index (χ1v) is 9.91. The second-order valence-electron chi connectivity index (χ2n) is 6.19. The molecule has 0 aliphatic rings. The molecule has 2 aromatic heterocycles. The van der Waals surface area contributed by atoms with Crippen molar-refractivity contribution in [2.75, 3.05) is 22.6 Å². The molecule has 0 unspecified atom stereocenters. The van der Waals surface area contributed by atoms with Crippen molar-refractivity contribution in [2.45, 2.75) is 26.3 Å². The van der Waals surface area contributed by atoms with Crippen molar-refractivity contribution in [2.24, 2.45) is 0 Å². The van der Waals surface area contributed by atoms with E-state index in [0.29, 0.717) is 12.4 Å². The van der Waals surface area contributed by atoms with Gasteiger partial charge >= 0.3 is 0 Å². The molecule has 0 radical (unpaired) electrons. The fourth-order valence-corrected chi connectivity index (χ4v) is 3.34. The first-order chi connectivity index (χ1) is 12.6. The first kappa shape index (κ1) is 18.3. The maximum atomic E-state index is 12.9. The Morgan fingerprint density at radius 2 is 2.00 bits per heavy atom. The molecule has 7 heteroatoms. The Morgan fingerprint density at radius 3 is 2.73 bits per heavy atom. The minimum atomic E-state index is -0.405. The average molecular weight is 369 g/mol. The maximum Gasteiger partial charge on any atom is 0.247 e. The van der Waals surface area contributed by atoms with Crippen molar-refractivity contribution >= 4 is 40.2 Å². The van der Waals surface area contributed by atoms with Crippen LogP contribution in [0.1, 0.15) is 17.8 Å². The molecule has 26 heavy (non-hydrogen) atoms. The van der Waals surface area contributed by atoms with Gasteiger partial charge in [0.25, 0.3) is 0 Å². The van der Waals surface area contributed by atoms with Gasteiger partial charge in [-0.05, 0) is 56.5 Å². The number of carbonyl (C=O) groups excluding carboxylic acids is 1. The lowest BCUT2D eigenvalue weighted by atomic mass is 10.1. The number of thioether (sulfide) groups is 1. The summed E-state index contributed by atoms with van der Waals surface area (Å²) in [6, 6.07) is 9.28. The van der Waals surface area contributed by atoms with Gasteiger partial charge in [-0.2, -0.15) is 11.8 Å². The van der Waals surface area contributed by atoms with Crippen molar-refractivity contribution in [1.29, 1.82) is 0 Å². The molecular weight excluding hydrogens is 346 g/mol. The number of aromatic nitrogens is 3. The molecule has 1 aromatic carbocycles. The number of nitrogens with one attached hydrogen (secondary N) is 3. The molecule has 2 heterocycles. The molecule has 3 aromatic rings. The standard InChI is InChI=1S/C19H23N5OS/c1-12-11-13(2)22-19(21-12)24-17(8-10-26-3)18(25)23-16-6-4-5-15-14(16)7-9-20-15/h4-7,9,11,17,20H,8,10H2,1-3H3,(H,23,25)(H,21,22,24)/t17-/m0/s1. The van der Waals surface area contributed by atoms with Gasteiger partial charge in [0, 0.05) is 28.5 Å². The van der Waals surface area contributed by atoms with Crippen molar-refractivity contribution in [1.82, 2.24) is 15.0 Å². The highest BCUT2D eigenvalue weighted by Crippen LogP contribution is 2.22. The number of fused-ring (bicyclic) bond motifs is 1. The average Bonchev–Trinajstić information content (AvgIpc) is 3.07. The predicted molar refractivity (Wildman–Crippen MR) is 109 cm³/mol. The summed E-state index contributed by atoms with van der Waals surface area (Å²) in [5.74, 6) is 1.27. The number of amides is 1. The molecular formula is C19H23N5OS. The van der Waals surface area contributed by atoms with Crippen LogP contribution >= 0.6 is 11.8 Å². The molecule has 3 rings (SSSR count). The number of H-pyrrole nitrogens is 1. The molecule has 136 valence electrons. The normalized spacial score (nSPS) is 12.1. The van der Waals surface area contributed by atoms with E-state index >= 15 is 0 Å². The molecule has 0 aliphatic heterocycles. The Hall–Kier alpha value is -2.54. The Labute approximate surface area is 157 Å². The van der Waals surface area contributed by atoms with Crippen molar-refractivity contribution in [3.8, 4) is 0 Å². The molecule has 0 fully saturated rings. The number of hydrogen-bond donors (Lipinski definition) is 3. The van der Waals surface area contributed by atoms with Crippen molar-refractivity contribution in [3.63, 3.8) is 0 Å². The number of hydrogen-bond acceptors (Lipinski definition) is 5. The van der Waals surface area contributed by atoms with Crippen LogP contribution in [-0.2, 0) is 4.79 Å². The van der Waals surface area contributed by atoms with Crippen LogP contribution in [-0.4, -0.2) is 38.9 Å². The minimum absolute atomic E-state index is 0.0875. The zero-order valence-electron chi connectivity index (χ0n) is 15.2. The fourth-order valence-electron chi connectivity index (χ4n) is 2.87. The fraction of sp³-hybridized carbons (Fsp3) is 0.316.